The summed E-state index contributed by atoms with van der Waals surface area (Å²) < 4.78 is 0. The van der Waals surface area contributed by atoms with E-state index in [0.29, 0.717) is 6.04 Å². The highest BCUT2D eigenvalue weighted by atomic mass is 32.2. The number of carbonyl (C=O) groups is 1. The molecule has 17 heavy (non-hydrogen) atoms. The first-order chi connectivity index (χ1) is 8.27. The van der Waals surface area contributed by atoms with E-state index in [9.17, 15) is 4.79 Å². The van der Waals surface area contributed by atoms with Crippen molar-refractivity contribution < 1.29 is 4.79 Å². The van der Waals surface area contributed by atoms with Crippen LogP contribution < -0.4 is 10.6 Å². The number of likely N-dealkylation sites (N-methyl/N-ethyl adjacent to an activating group) is 1. The van der Waals surface area contributed by atoms with Crippen molar-refractivity contribution in [3.63, 3.8) is 0 Å². The SMILES string of the molecule is CN1CCCCC1CNC(=O)C1CSCCN1. The molecule has 2 atom stereocenters. The molecule has 4 nitrogen and oxygen atoms in total. The Balaban J connectivity index is 1.71. The van der Waals surface area contributed by atoms with Crippen molar-refractivity contribution in [1.29, 1.82) is 0 Å². The fourth-order valence-corrected chi connectivity index (χ4v) is 3.41. The minimum absolute atomic E-state index is 0.0163. The van der Waals surface area contributed by atoms with Crippen LogP contribution in [0.2, 0.25) is 0 Å². The van der Waals surface area contributed by atoms with Crippen molar-refractivity contribution in [2.75, 3.05) is 38.2 Å². The highest BCUT2D eigenvalue weighted by Crippen LogP contribution is 2.14. The van der Waals surface area contributed by atoms with Crippen LogP contribution in [0, 0.1) is 0 Å². The van der Waals surface area contributed by atoms with Gasteiger partial charge in [-0.25, -0.2) is 0 Å². The Kier molecular flexibility index (Phi) is 5.13. The van der Waals surface area contributed by atoms with Gasteiger partial charge >= 0.3 is 0 Å². The zero-order valence-corrected chi connectivity index (χ0v) is 11.4. The molecule has 2 rings (SSSR count). The molecule has 0 aromatic heterocycles. The highest BCUT2D eigenvalue weighted by Gasteiger charge is 2.23. The van der Waals surface area contributed by atoms with Gasteiger partial charge in [-0.2, -0.15) is 11.8 Å². The van der Waals surface area contributed by atoms with Crippen molar-refractivity contribution in [2.45, 2.75) is 31.3 Å². The number of nitrogens with one attached hydrogen (secondary N) is 2. The summed E-state index contributed by atoms with van der Waals surface area (Å²) in [7, 11) is 2.16. The van der Waals surface area contributed by atoms with Crippen LogP contribution in [0.1, 0.15) is 19.3 Å². The van der Waals surface area contributed by atoms with E-state index < -0.39 is 0 Å². The van der Waals surface area contributed by atoms with Crippen molar-refractivity contribution in [1.82, 2.24) is 15.5 Å². The minimum Gasteiger partial charge on any atom is -0.353 e. The summed E-state index contributed by atoms with van der Waals surface area (Å²) in [5.41, 5.74) is 0. The summed E-state index contributed by atoms with van der Waals surface area (Å²) in [6.45, 7) is 2.92. The van der Waals surface area contributed by atoms with Crippen LogP contribution in [0.3, 0.4) is 0 Å². The molecule has 5 heteroatoms. The molecule has 1 amide bonds. The lowest BCUT2D eigenvalue weighted by atomic mass is 10.0. The Bertz CT molecular complexity index is 256. The van der Waals surface area contributed by atoms with Gasteiger partial charge in [0.05, 0.1) is 6.04 Å². The third-order valence-electron chi connectivity index (χ3n) is 3.67. The standard InChI is InChI=1S/C12H23N3OS/c1-15-6-3-2-4-10(15)8-14-12(16)11-9-17-7-5-13-11/h10-11,13H,2-9H2,1H3,(H,14,16). The van der Waals surface area contributed by atoms with E-state index in [1.165, 1.54) is 19.3 Å². The summed E-state index contributed by atoms with van der Waals surface area (Å²) in [5, 5.41) is 6.37. The molecular formula is C12H23N3OS. The van der Waals surface area contributed by atoms with E-state index in [1.54, 1.807) is 0 Å². The van der Waals surface area contributed by atoms with E-state index in [2.05, 4.69) is 22.6 Å². The van der Waals surface area contributed by atoms with Gasteiger partial charge in [0.25, 0.3) is 0 Å². The predicted molar refractivity (Wildman–Crippen MR) is 72.4 cm³/mol. The Morgan fingerprint density at radius 1 is 1.53 bits per heavy atom. The summed E-state index contributed by atoms with van der Waals surface area (Å²) in [4.78, 5) is 14.3. The molecule has 2 unspecified atom stereocenters. The Labute approximate surface area is 108 Å². The molecule has 2 aliphatic heterocycles. The van der Waals surface area contributed by atoms with Gasteiger partial charge in [0.15, 0.2) is 0 Å². The van der Waals surface area contributed by atoms with E-state index in [0.717, 1.165) is 31.1 Å². The van der Waals surface area contributed by atoms with E-state index >= 15 is 0 Å². The number of likely N-dealkylation sites (tertiary alicyclic amines) is 1. The lowest BCUT2D eigenvalue weighted by Crippen LogP contribution is -2.52. The van der Waals surface area contributed by atoms with Gasteiger partial charge in [-0.3, -0.25) is 4.79 Å². The average molecular weight is 257 g/mol. The molecule has 0 aromatic rings. The summed E-state index contributed by atoms with van der Waals surface area (Å²) >= 11 is 1.86. The second-order valence-corrected chi connectivity index (χ2v) is 6.11. The zero-order valence-electron chi connectivity index (χ0n) is 10.6. The van der Waals surface area contributed by atoms with Gasteiger partial charge in [0, 0.05) is 30.6 Å². The molecule has 0 spiro atoms. The number of carbonyl (C=O) groups excluding carboxylic acids is 1. The largest absolute Gasteiger partial charge is 0.353 e. The van der Waals surface area contributed by atoms with Crippen LogP contribution in [0.5, 0.6) is 0 Å². The summed E-state index contributed by atoms with van der Waals surface area (Å²) in [6, 6.07) is 0.548. The number of thioether (sulfide) groups is 1. The Morgan fingerprint density at radius 2 is 2.41 bits per heavy atom. The molecule has 0 radical (unpaired) electrons. The molecule has 2 saturated heterocycles. The van der Waals surface area contributed by atoms with Crippen LogP contribution in [0.25, 0.3) is 0 Å². The third kappa shape index (κ3) is 3.86. The molecule has 2 fully saturated rings. The molecule has 0 aromatic carbocycles. The number of piperidine rings is 1. The number of hydrogen-bond acceptors (Lipinski definition) is 4. The van der Waals surface area contributed by atoms with Crippen LogP contribution >= 0.6 is 11.8 Å². The number of rotatable bonds is 3. The van der Waals surface area contributed by atoms with E-state index in [-0.39, 0.29) is 11.9 Å². The van der Waals surface area contributed by atoms with Crippen molar-refractivity contribution in [3.8, 4) is 0 Å². The lowest BCUT2D eigenvalue weighted by Gasteiger charge is -2.33. The first-order valence-electron chi connectivity index (χ1n) is 6.56. The van der Waals surface area contributed by atoms with Gasteiger partial charge in [0.1, 0.15) is 0 Å². The second kappa shape index (κ2) is 6.61. The molecular weight excluding hydrogens is 234 g/mol. The predicted octanol–water partition coefficient (Wildman–Crippen LogP) is 0.292. The molecule has 98 valence electrons. The van der Waals surface area contributed by atoms with Crippen LogP contribution in [-0.2, 0) is 4.79 Å². The minimum atomic E-state index is 0.0163. The van der Waals surface area contributed by atoms with Gasteiger partial charge in [-0.05, 0) is 26.4 Å². The first kappa shape index (κ1) is 13.2. The normalized spacial score (nSPS) is 31.1. The molecule has 0 aliphatic carbocycles. The molecule has 2 aliphatic rings. The number of amides is 1. The Hall–Kier alpha value is -0.260. The van der Waals surface area contributed by atoms with E-state index in [1.807, 2.05) is 11.8 Å². The summed E-state index contributed by atoms with van der Waals surface area (Å²) in [5.74, 6) is 2.21. The van der Waals surface area contributed by atoms with Gasteiger partial charge in [0.2, 0.25) is 5.91 Å². The maximum atomic E-state index is 11.9. The van der Waals surface area contributed by atoms with E-state index in [4.69, 9.17) is 0 Å². The van der Waals surface area contributed by atoms with Crippen LogP contribution in [0.15, 0.2) is 0 Å². The molecule has 0 bridgehead atoms. The van der Waals surface area contributed by atoms with Crippen LogP contribution in [0.4, 0.5) is 0 Å². The third-order valence-corrected chi connectivity index (χ3v) is 4.73. The maximum Gasteiger partial charge on any atom is 0.238 e. The van der Waals surface area contributed by atoms with Gasteiger partial charge in [-0.15, -0.1) is 0 Å². The smallest absolute Gasteiger partial charge is 0.238 e. The fourth-order valence-electron chi connectivity index (χ4n) is 2.48. The number of hydrogen-bond donors (Lipinski definition) is 2. The second-order valence-electron chi connectivity index (χ2n) is 4.96. The quantitative estimate of drug-likeness (QED) is 0.763. The van der Waals surface area contributed by atoms with Gasteiger partial charge < -0.3 is 15.5 Å². The van der Waals surface area contributed by atoms with Gasteiger partial charge in [-0.1, -0.05) is 6.42 Å². The van der Waals surface area contributed by atoms with Crippen molar-refractivity contribution >= 4 is 17.7 Å². The molecule has 2 heterocycles. The zero-order chi connectivity index (χ0) is 12.1. The highest BCUT2D eigenvalue weighted by molar-refractivity contribution is 7.99. The molecule has 0 saturated carbocycles. The first-order valence-corrected chi connectivity index (χ1v) is 7.72. The van der Waals surface area contributed by atoms with Crippen molar-refractivity contribution in [3.05, 3.63) is 0 Å². The lowest BCUT2D eigenvalue weighted by molar-refractivity contribution is -0.122. The van der Waals surface area contributed by atoms with Crippen LogP contribution in [-0.4, -0.2) is 61.1 Å². The Morgan fingerprint density at radius 3 is 3.12 bits per heavy atom. The summed E-state index contributed by atoms with van der Waals surface area (Å²) in [6.07, 6.45) is 3.80. The molecule has 2 N–H and O–H groups in total. The van der Waals surface area contributed by atoms with Crippen molar-refractivity contribution in [2.24, 2.45) is 0 Å². The maximum absolute atomic E-state index is 11.9. The number of nitrogens with zero attached hydrogens (tertiary/aromatic N) is 1. The average Bonchev–Trinajstić information content (AvgIpc) is 2.38. The fraction of sp³-hybridized carbons (Fsp3) is 0.917. The monoisotopic (exact) mass is 257 g/mol. The topological polar surface area (TPSA) is 44.4 Å².